The highest BCUT2D eigenvalue weighted by molar-refractivity contribution is 5.17. The first-order valence-corrected chi connectivity index (χ1v) is 10.6. The van der Waals surface area contributed by atoms with Gasteiger partial charge in [0, 0.05) is 0 Å². The average Bonchev–Trinajstić information content (AvgIpc) is 2.56. The fourth-order valence-corrected chi connectivity index (χ4v) is 3.93. The number of rotatable bonds is 13. The topological polar surface area (TPSA) is 0 Å². The van der Waals surface area contributed by atoms with E-state index in [0.717, 1.165) is 23.7 Å². The normalized spacial score (nSPS) is 18.3. The Morgan fingerprint density at radius 3 is 1.52 bits per heavy atom. The van der Waals surface area contributed by atoms with E-state index in [1.807, 2.05) is 0 Å². The Labute approximate surface area is 148 Å². The van der Waals surface area contributed by atoms with Crippen molar-refractivity contribution in [2.45, 2.75) is 113 Å². The predicted octanol–water partition coefficient (Wildman–Crippen LogP) is 8.42. The second-order valence-electron chi connectivity index (χ2n) is 8.14. The third-order valence-electron chi connectivity index (χ3n) is 6.30. The van der Waals surface area contributed by atoms with Crippen LogP contribution in [-0.4, -0.2) is 0 Å². The van der Waals surface area contributed by atoms with Gasteiger partial charge >= 0.3 is 0 Å². The summed E-state index contributed by atoms with van der Waals surface area (Å²) in [5.74, 6) is 3.21. The molecule has 0 radical (unpaired) electrons. The SMILES string of the molecule is CCCCC(C)C(C)C(C)=C(C)C(CCCC)C(C)CCCC. The molecular weight excluding hydrogens is 276 g/mol. The van der Waals surface area contributed by atoms with Gasteiger partial charge in [0.1, 0.15) is 0 Å². The van der Waals surface area contributed by atoms with E-state index >= 15 is 0 Å². The van der Waals surface area contributed by atoms with Crippen molar-refractivity contribution < 1.29 is 0 Å². The number of hydrogen-bond acceptors (Lipinski definition) is 0. The number of hydrogen-bond donors (Lipinski definition) is 0. The zero-order chi connectivity index (χ0) is 17.8. The maximum absolute atomic E-state index is 2.50. The smallest absolute Gasteiger partial charge is 0.0178 e. The maximum Gasteiger partial charge on any atom is -0.0178 e. The Balaban J connectivity index is 5.07. The van der Waals surface area contributed by atoms with Crippen LogP contribution in [0.5, 0.6) is 0 Å². The molecule has 4 atom stereocenters. The summed E-state index contributed by atoms with van der Waals surface area (Å²) in [5.41, 5.74) is 3.41. The molecule has 0 aliphatic heterocycles. The largest absolute Gasteiger partial charge is 0.0710 e. The Morgan fingerprint density at radius 1 is 0.609 bits per heavy atom. The lowest BCUT2D eigenvalue weighted by molar-refractivity contribution is 0.334. The molecule has 0 bridgehead atoms. The first-order chi connectivity index (χ1) is 10.9. The van der Waals surface area contributed by atoms with Crippen molar-refractivity contribution in [2.24, 2.45) is 23.7 Å². The molecule has 0 spiro atoms. The third kappa shape index (κ3) is 8.41. The van der Waals surface area contributed by atoms with E-state index in [-0.39, 0.29) is 0 Å². The second-order valence-corrected chi connectivity index (χ2v) is 8.14. The number of allylic oxidation sites excluding steroid dienone is 2. The molecule has 0 heteroatoms. The molecular formula is C23H46. The van der Waals surface area contributed by atoms with Crippen molar-refractivity contribution >= 4 is 0 Å². The van der Waals surface area contributed by atoms with Gasteiger partial charge in [0.2, 0.25) is 0 Å². The molecule has 0 aromatic rings. The standard InChI is InChI=1S/C23H46/c1-9-12-15-18(4)20(6)21(7)22(8)23(17-14-11-3)19(5)16-13-10-2/h18-20,23H,9-17H2,1-8H3. The van der Waals surface area contributed by atoms with Crippen LogP contribution in [0.1, 0.15) is 113 Å². The maximum atomic E-state index is 2.50. The third-order valence-corrected chi connectivity index (χ3v) is 6.30. The van der Waals surface area contributed by atoms with Crippen molar-refractivity contribution in [3.63, 3.8) is 0 Å². The van der Waals surface area contributed by atoms with Gasteiger partial charge in [-0.2, -0.15) is 0 Å². The fourth-order valence-electron chi connectivity index (χ4n) is 3.93. The van der Waals surface area contributed by atoms with E-state index in [1.54, 1.807) is 11.1 Å². The molecule has 0 aliphatic rings. The van der Waals surface area contributed by atoms with Gasteiger partial charge in [-0.05, 0) is 43.9 Å². The molecule has 0 aromatic carbocycles. The van der Waals surface area contributed by atoms with E-state index in [2.05, 4.69) is 55.4 Å². The van der Waals surface area contributed by atoms with E-state index in [0.29, 0.717) is 0 Å². The average molecular weight is 323 g/mol. The van der Waals surface area contributed by atoms with E-state index in [9.17, 15) is 0 Å². The van der Waals surface area contributed by atoms with Crippen LogP contribution >= 0.6 is 0 Å². The summed E-state index contributed by atoms with van der Waals surface area (Å²) in [7, 11) is 0. The lowest BCUT2D eigenvalue weighted by Gasteiger charge is -2.30. The van der Waals surface area contributed by atoms with E-state index in [4.69, 9.17) is 0 Å². The minimum Gasteiger partial charge on any atom is -0.0710 e. The Bertz CT molecular complexity index is 312. The molecule has 23 heavy (non-hydrogen) atoms. The molecule has 0 N–H and O–H groups in total. The molecule has 0 heterocycles. The lowest BCUT2D eigenvalue weighted by atomic mass is 9.75. The summed E-state index contributed by atoms with van der Waals surface area (Å²) < 4.78 is 0. The molecule has 0 nitrogen and oxygen atoms in total. The molecule has 0 saturated heterocycles. The van der Waals surface area contributed by atoms with Crippen molar-refractivity contribution in [1.82, 2.24) is 0 Å². The van der Waals surface area contributed by atoms with Crippen molar-refractivity contribution in [2.75, 3.05) is 0 Å². The Morgan fingerprint density at radius 2 is 1.04 bits per heavy atom. The minimum atomic E-state index is 0.740. The van der Waals surface area contributed by atoms with E-state index in [1.165, 1.54) is 57.8 Å². The minimum absolute atomic E-state index is 0.740. The zero-order valence-electron chi connectivity index (χ0n) is 17.7. The molecule has 0 amide bonds. The highest BCUT2D eigenvalue weighted by atomic mass is 14.3. The van der Waals surface area contributed by atoms with Gasteiger partial charge in [-0.25, -0.2) is 0 Å². The summed E-state index contributed by atoms with van der Waals surface area (Å²) in [6, 6.07) is 0. The van der Waals surface area contributed by atoms with Crippen LogP contribution < -0.4 is 0 Å². The summed E-state index contributed by atoms with van der Waals surface area (Å²) in [6.07, 6.45) is 12.3. The van der Waals surface area contributed by atoms with Gasteiger partial charge in [0.05, 0.1) is 0 Å². The van der Waals surface area contributed by atoms with Gasteiger partial charge in [-0.1, -0.05) is 104 Å². The first kappa shape index (κ1) is 22.7. The van der Waals surface area contributed by atoms with Crippen LogP contribution in [-0.2, 0) is 0 Å². The van der Waals surface area contributed by atoms with E-state index < -0.39 is 0 Å². The Hall–Kier alpha value is -0.260. The highest BCUT2D eigenvalue weighted by Crippen LogP contribution is 2.35. The van der Waals surface area contributed by atoms with Crippen molar-refractivity contribution in [3.05, 3.63) is 11.1 Å². The lowest BCUT2D eigenvalue weighted by Crippen LogP contribution is -2.18. The summed E-state index contributed by atoms with van der Waals surface area (Å²) in [4.78, 5) is 0. The zero-order valence-corrected chi connectivity index (χ0v) is 17.7. The van der Waals surface area contributed by atoms with Crippen molar-refractivity contribution in [3.8, 4) is 0 Å². The van der Waals surface area contributed by atoms with Gasteiger partial charge in [0.15, 0.2) is 0 Å². The summed E-state index contributed by atoms with van der Waals surface area (Å²) >= 11 is 0. The molecule has 0 fully saturated rings. The fraction of sp³-hybridized carbons (Fsp3) is 0.913. The molecule has 0 aliphatic carbocycles. The monoisotopic (exact) mass is 322 g/mol. The molecule has 0 aromatic heterocycles. The quantitative estimate of drug-likeness (QED) is 0.298. The van der Waals surface area contributed by atoms with Crippen LogP contribution in [0.25, 0.3) is 0 Å². The van der Waals surface area contributed by atoms with Crippen LogP contribution in [0.15, 0.2) is 11.1 Å². The number of unbranched alkanes of at least 4 members (excludes halogenated alkanes) is 3. The summed E-state index contributed by atoms with van der Waals surface area (Å²) in [5, 5.41) is 0. The highest BCUT2D eigenvalue weighted by Gasteiger charge is 2.23. The second kappa shape index (κ2) is 13.1. The molecule has 138 valence electrons. The molecule has 0 rings (SSSR count). The van der Waals surface area contributed by atoms with Crippen molar-refractivity contribution in [1.29, 1.82) is 0 Å². The molecule has 0 saturated carbocycles. The van der Waals surface area contributed by atoms with Gasteiger partial charge < -0.3 is 0 Å². The Kier molecular flexibility index (Phi) is 12.9. The van der Waals surface area contributed by atoms with Gasteiger partial charge in [-0.15, -0.1) is 0 Å². The first-order valence-electron chi connectivity index (χ1n) is 10.6. The summed E-state index contributed by atoms with van der Waals surface area (Å²) in [6.45, 7) is 19.2. The predicted molar refractivity (Wildman–Crippen MR) is 108 cm³/mol. The van der Waals surface area contributed by atoms with Crippen LogP contribution in [0.4, 0.5) is 0 Å². The molecule has 4 unspecified atom stereocenters. The van der Waals surface area contributed by atoms with Crippen LogP contribution in [0.2, 0.25) is 0 Å². The van der Waals surface area contributed by atoms with Gasteiger partial charge in [0.25, 0.3) is 0 Å². The van der Waals surface area contributed by atoms with Gasteiger partial charge in [-0.3, -0.25) is 0 Å². The van der Waals surface area contributed by atoms with Crippen LogP contribution in [0, 0.1) is 23.7 Å². The van der Waals surface area contributed by atoms with Crippen LogP contribution in [0.3, 0.4) is 0 Å².